The van der Waals surface area contributed by atoms with Gasteiger partial charge in [0.2, 0.25) is 0 Å². The van der Waals surface area contributed by atoms with Gasteiger partial charge >= 0.3 is 18.3 Å². The van der Waals surface area contributed by atoms with Crippen LogP contribution in [-0.2, 0) is 16.6 Å². The zero-order valence-corrected chi connectivity index (χ0v) is 16.2. The van der Waals surface area contributed by atoms with Crippen molar-refractivity contribution in [2.75, 3.05) is 0 Å². The summed E-state index contributed by atoms with van der Waals surface area (Å²) in [6.07, 6.45) is -11.7. The lowest BCUT2D eigenvalue weighted by molar-refractivity contribution is -0.276. The smallest absolute Gasteiger partial charge is 0.435 e. The molecule has 0 saturated heterocycles. The molecular weight excluding hydrogens is 467 g/mol. The molecule has 0 radical (unpaired) electrons. The van der Waals surface area contributed by atoms with E-state index in [1.54, 1.807) is 0 Å². The molecule has 0 bridgehead atoms. The van der Waals surface area contributed by atoms with Gasteiger partial charge in [0.05, 0.1) is 21.9 Å². The molecule has 0 fully saturated rings. The van der Waals surface area contributed by atoms with Crippen LogP contribution < -0.4 is 0 Å². The van der Waals surface area contributed by atoms with Crippen LogP contribution in [-0.4, -0.2) is 23.0 Å². The maximum atomic E-state index is 14.5. The second kappa shape index (κ2) is 7.12. The summed E-state index contributed by atoms with van der Waals surface area (Å²) < 4.78 is 95.6. The molecule has 13 heteroatoms. The van der Waals surface area contributed by atoms with Gasteiger partial charge in [0.15, 0.2) is 0 Å². The molecule has 4 nitrogen and oxygen atoms in total. The molecule has 162 valence electrons. The lowest BCUT2D eigenvalue weighted by Gasteiger charge is -2.30. The number of nitrogens with zero attached hydrogens (tertiary/aromatic N) is 1. The number of oxime groups is 1. The van der Waals surface area contributed by atoms with Crippen molar-refractivity contribution in [3.05, 3.63) is 55.5 Å². The van der Waals surface area contributed by atoms with Crippen molar-refractivity contribution in [3.63, 3.8) is 0 Å². The number of alkyl halides is 6. The maximum absolute atomic E-state index is 14.5. The van der Waals surface area contributed by atoms with Gasteiger partial charge in [-0.25, -0.2) is 9.18 Å². The van der Waals surface area contributed by atoms with Gasteiger partial charge in [-0.1, -0.05) is 16.8 Å². The molecule has 0 spiro atoms. The van der Waals surface area contributed by atoms with Crippen LogP contribution in [0.15, 0.2) is 23.4 Å². The fraction of sp³-hybridized carbons (Fsp3) is 0.294. The van der Waals surface area contributed by atoms with Crippen LogP contribution >= 0.6 is 22.9 Å². The molecule has 30 heavy (non-hydrogen) atoms. The van der Waals surface area contributed by atoms with E-state index >= 15 is 0 Å². The van der Waals surface area contributed by atoms with Gasteiger partial charge in [-0.3, -0.25) is 0 Å². The van der Waals surface area contributed by atoms with Crippen molar-refractivity contribution in [2.24, 2.45) is 5.16 Å². The highest BCUT2D eigenvalue weighted by atomic mass is 35.5. The first-order chi connectivity index (χ1) is 13.7. The van der Waals surface area contributed by atoms with E-state index in [9.17, 15) is 35.5 Å². The monoisotopic (exact) mass is 475 g/mol. The van der Waals surface area contributed by atoms with Crippen LogP contribution in [0.25, 0.3) is 0 Å². The number of carbonyl (C=O) groups is 1. The summed E-state index contributed by atoms with van der Waals surface area (Å²) in [5.41, 5.74) is -6.78. The fourth-order valence-corrected chi connectivity index (χ4v) is 4.11. The minimum Gasteiger partial charge on any atom is -0.477 e. The van der Waals surface area contributed by atoms with Gasteiger partial charge in [-0.2, -0.15) is 26.3 Å². The molecule has 1 aliphatic rings. The Balaban J connectivity index is 2.13. The lowest BCUT2D eigenvalue weighted by Crippen LogP contribution is -2.43. The second-order valence-electron chi connectivity index (χ2n) is 6.38. The Morgan fingerprint density at radius 1 is 1.23 bits per heavy atom. The zero-order chi connectivity index (χ0) is 22.6. The average Bonchev–Trinajstić information content (AvgIpc) is 3.20. The first-order valence-corrected chi connectivity index (χ1v) is 9.09. The Bertz CT molecular complexity index is 1060. The summed E-state index contributed by atoms with van der Waals surface area (Å²) in [5, 5.41) is 11.2. The minimum atomic E-state index is -5.38. The Kier molecular flexibility index (Phi) is 5.30. The van der Waals surface area contributed by atoms with Crippen LogP contribution in [0.5, 0.6) is 0 Å². The number of aryl methyl sites for hydroxylation is 1. The van der Waals surface area contributed by atoms with E-state index < -0.39 is 52.3 Å². The predicted octanol–water partition coefficient (Wildman–Crippen LogP) is 6.15. The topological polar surface area (TPSA) is 58.9 Å². The predicted molar refractivity (Wildman–Crippen MR) is 92.4 cm³/mol. The number of hydrogen-bond acceptors (Lipinski definition) is 4. The van der Waals surface area contributed by atoms with Crippen molar-refractivity contribution in [3.8, 4) is 0 Å². The van der Waals surface area contributed by atoms with Crippen molar-refractivity contribution in [2.45, 2.75) is 31.3 Å². The Morgan fingerprint density at radius 2 is 1.87 bits per heavy atom. The normalized spacial score (nSPS) is 19.6. The van der Waals surface area contributed by atoms with Crippen LogP contribution in [0.1, 0.15) is 37.7 Å². The van der Waals surface area contributed by atoms with Gasteiger partial charge in [-0.05, 0) is 30.7 Å². The molecule has 1 aromatic carbocycles. The third-order valence-corrected chi connectivity index (χ3v) is 5.92. The number of benzene rings is 1. The van der Waals surface area contributed by atoms with Gasteiger partial charge in [0, 0.05) is 5.56 Å². The Hall–Kier alpha value is -2.34. The summed E-state index contributed by atoms with van der Waals surface area (Å²) in [5.74, 6) is -3.05. The first kappa shape index (κ1) is 22.3. The maximum Gasteiger partial charge on any atom is 0.435 e. The number of carboxylic acids is 1. The molecule has 1 N–H and O–H groups in total. The molecule has 0 amide bonds. The van der Waals surface area contributed by atoms with E-state index in [4.69, 9.17) is 16.7 Å². The van der Waals surface area contributed by atoms with Crippen LogP contribution in [0.2, 0.25) is 5.02 Å². The van der Waals surface area contributed by atoms with Gasteiger partial charge in [-0.15, -0.1) is 11.3 Å². The highest BCUT2D eigenvalue weighted by Gasteiger charge is 2.64. The van der Waals surface area contributed by atoms with E-state index in [0.29, 0.717) is 11.3 Å². The van der Waals surface area contributed by atoms with Gasteiger partial charge in [0.25, 0.3) is 5.60 Å². The molecular formula is C17H9ClF7NO3S. The molecule has 1 aromatic heterocycles. The van der Waals surface area contributed by atoms with Crippen LogP contribution in [0.4, 0.5) is 30.7 Å². The molecule has 1 aliphatic heterocycles. The molecule has 1 atom stereocenters. The highest BCUT2D eigenvalue weighted by Crippen LogP contribution is 2.51. The van der Waals surface area contributed by atoms with Crippen LogP contribution in [0.3, 0.4) is 0 Å². The summed E-state index contributed by atoms with van der Waals surface area (Å²) in [6, 6.07) is 1.40. The van der Waals surface area contributed by atoms with Crippen LogP contribution in [0, 0.1) is 12.7 Å². The summed E-state index contributed by atoms with van der Waals surface area (Å²) >= 11 is 6.04. The molecule has 2 heterocycles. The van der Waals surface area contributed by atoms with Gasteiger partial charge < -0.3 is 9.94 Å². The number of thiophene rings is 1. The Labute approximate surface area is 172 Å². The minimum absolute atomic E-state index is 0.00509. The van der Waals surface area contributed by atoms with E-state index in [1.807, 2.05) is 0 Å². The third-order valence-electron chi connectivity index (χ3n) is 4.37. The molecule has 0 unspecified atom stereocenters. The lowest BCUT2D eigenvalue weighted by atomic mass is 9.86. The number of rotatable bonds is 3. The molecule has 0 saturated carbocycles. The molecule has 2 aromatic rings. The van der Waals surface area contributed by atoms with E-state index in [1.165, 1.54) is 13.0 Å². The summed E-state index contributed by atoms with van der Waals surface area (Å²) in [7, 11) is 0. The number of hydrogen-bond donors (Lipinski definition) is 1. The number of carboxylic acid groups (broad SMARTS) is 1. The number of halogens is 8. The van der Waals surface area contributed by atoms with Crippen molar-refractivity contribution in [1.29, 1.82) is 0 Å². The largest absolute Gasteiger partial charge is 0.477 e. The average molecular weight is 476 g/mol. The molecule has 0 aliphatic carbocycles. The Morgan fingerprint density at radius 3 is 2.37 bits per heavy atom. The standard InChI is InChI=1S/C17H9ClF7NO3S/c1-6-2-11(30-13(6)14(27)28)10-5-15(29-26-10,17(23,24)25)8-3-7(16(20,21)22)4-9(18)12(8)19/h2-4H,5H2,1H3,(H,27,28)/t15-/m1/s1. The molecule has 3 rings (SSSR count). The quantitative estimate of drug-likeness (QED) is 0.542. The van der Waals surface area contributed by atoms with Gasteiger partial charge in [0.1, 0.15) is 16.4 Å². The van der Waals surface area contributed by atoms with E-state index in [-0.39, 0.29) is 33.2 Å². The highest BCUT2D eigenvalue weighted by molar-refractivity contribution is 7.16. The summed E-state index contributed by atoms with van der Waals surface area (Å²) in [4.78, 5) is 15.5. The van der Waals surface area contributed by atoms with Crippen molar-refractivity contribution in [1.82, 2.24) is 0 Å². The van der Waals surface area contributed by atoms with Crippen molar-refractivity contribution < 1.29 is 45.5 Å². The third kappa shape index (κ3) is 3.62. The second-order valence-corrected chi connectivity index (χ2v) is 7.84. The first-order valence-electron chi connectivity index (χ1n) is 7.90. The zero-order valence-electron chi connectivity index (χ0n) is 14.6. The number of aromatic carboxylic acids is 1. The fourth-order valence-electron chi connectivity index (χ4n) is 2.90. The summed E-state index contributed by atoms with van der Waals surface area (Å²) in [6.45, 7) is 1.41. The van der Waals surface area contributed by atoms with E-state index in [2.05, 4.69) is 9.99 Å². The van der Waals surface area contributed by atoms with Crippen molar-refractivity contribution >= 4 is 34.6 Å². The van der Waals surface area contributed by atoms with E-state index in [0.717, 1.165) is 0 Å². The SMILES string of the molecule is Cc1cc(C2=NO[C@](c3cc(C(F)(F)F)cc(Cl)c3F)(C(F)(F)F)C2)sc1C(=O)O.